The van der Waals surface area contributed by atoms with Crippen LogP contribution in [0, 0.1) is 0 Å². The van der Waals surface area contributed by atoms with Crippen LogP contribution in [0.3, 0.4) is 0 Å². The van der Waals surface area contributed by atoms with Gasteiger partial charge < -0.3 is 0 Å². The molecule has 5 aromatic carbocycles. The molecule has 0 radical (unpaired) electrons. The summed E-state index contributed by atoms with van der Waals surface area (Å²) >= 11 is 0. The average molecular weight is 401 g/mol. The van der Waals surface area contributed by atoms with E-state index in [0.717, 1.165) is 12.8 Å². The molecule has 0 nitrogen and oxygen atoms in total. The van der Waals surface area contributed by atoms with Crippen LogP contribution in [0.1, 0.15) is 35.4 Å². The molecule has 1 atom stereocenters. The Labute approximate surface area is 185 Å². The van der Waals surface area contributed by atoms with Gasteiger partial charge in [0.15, 0.2) is 0 Å². The third-order valence-corrected chi connectivity index (χ3v) is 6.47. The molecule has 0 N–H and O–H groups in total. The second-order valence-electron chi connectivity index (χ2n) is 8.49. The molecule has 0 heterocycles. The maximum atomic E-state index is 2.35. The lowest BCUT2D eigenvalue weighted by atomic mass is 9.83. The van der Waals surface area contributed by atoms with Crippen molar-refractivity contribution in [1.82, 2.24) is 0 Å². The quantitative estimate of drug-likeness (QED) is 0.257. The van der Waals surface area contributed by atoms with Gasteiger partial charge in [-0.05, 0) is 69.8 Å². The molecule has 0 aliphatic carbocycles. The van der Waals surface area contributed by atoms with Crippen molar-refractivity contribution in [3.8, 4) is 0 Å². The Kier molecular flexibility index (Phi) is 5.80. The molecule has 152 valence electrons. The maximum Gasteiger partial charge on any atom is -0.0115 e. The summed E-state index contributed by atoms with van der Waals surface area (Å²) < 4.78 is 0. The molecule has 31 heavy (non-hydrogen) atoms. The lowest BCUT2D eigenvalue weighted by Crippen LogP contribution is -2.05. The topological polar surface area (TPSA) is 0 Å². The smallest absolute Gasteiger partial charge is 0.0115 e. The molecule has 0 aliphatic heterocycles. The molecule has 0 bridgehead atoms. The van der Waals surface area contributed by atoms with Crippen LogP contribution in [0.25, 0.3) is 21.5 Å². The summed E-state index contributed by atoms with van der Waals surface area (Å²) in [5.41, 5.74) is 4.37. The van der Waals surface area contributed by atoms with Crippen LogP contribution in [0.5, 0.6) is 0 Å². The Hall–Kier alpha value is -3.38. The fourth-order valence-corrected chi connectivity index (χ4v) is 4.91. The van der Waals surface area contributed by atoms with Crippen molar-refractivity contribution in [3.63, 3.8) is 0 Å². The lowest BCUT2D eigenvalue weighted by Gasteiger charge is -2.21. The van der Waals surface area contributed by atoms with Crippen molar-refractivity contribution in [2.24, 2.45) is 0 Å². The molecule has 5 rings (SSSR count). The van der Waals surface area contributed by atoms with Gasteiger partial charge in [-0.1, -0.05) is 115 Å². The second kappa shape index (κ2) is 9.18. The van der Waals surface area contributed by atoms with E-state index < -0.39 is 0 Å². The van der Waals surface area contributed by atoms with E-state index in [1.165, 1.54) is 51.1 Å². The van der Waals surface area contributed by atoms with Crippen LogP contribution in [-0.2, 0) is 12.8 Å². The molecule has 0 aromatic heterocycles. The Balaban J connectivity index is 1.49. The van der Waals surface area contributed by atoms with Crippen molar-refractivity contribution in [3.05, 3.63) is 132 Å². The fourth-order valence-electron chi connectivity index (χ4n) is 4.91. The Morgan fingerprint density at radius 3 is 1.94 bits per heavy atom. The summed E-state index contributed by atoms with van der Waals surface area (Å²) in [6.07, 6.45) is 4.59. The highest BCUT2D eigenvalue weighted by molar-refractivity contribution is 5.87. The summed E-state index contributed by atoms with van der Waals surface area (Å²) in [6.45, 7) is 0. The lowest BCUT2D eigenvalue weighted by molar-refractivity contribution is 0.593. The molecular weight excluding hydrogens is 372 g/mol. The molecule has 0 fully saturated rings. The minimum absolute atomic E-state index is 0.501. The maximum absolute atomic E-state index is 2.35. The van der Waals surface area contributed by atoms with Crippen LogP contribution >= 0.6 is 0 Å². The standard InChI is InChI=1S/C31H28/c1-2-11-24(12-3-1)13-8-18-28(31-22-10-17-26-15-5-7-21-30(26)31)23-27-19-9-16-25-14-4-6-20-29(25)27/h1-7,9-12,14-17,19-22,28H,8,13,18,23H2. The average Bonchev–Trinajstić information content (AvgIpc) is 2.84. The zero-order valence-corrected chi connectivity index (χ0v) is 17.9. The Morgan fingerprint density at radius 1 is 0.516 bits per heavy atom. The largest absolute Gasteiger partial charge is 0.0622 e. The number of benzene rings is 5. The van der Waals surface area contributed by atoms with Crippen molar-refractivity contribution in [2.45, 2.75) is 31.6 Å². The zero-order valence-electron chi connectivity index (χ0n) is 17.9. The number of aryl methyl sites for hydroxylation is 1. The van der Waals surface area contributed by atoms with E-state index in [9.17, 15) is 0 Å². The number of rotatable bonds is 7. The molecule has 1 unspecified atom stereocenters. The van der Waals surface area contributed by atoms with Gasteiger partial charge in [-0.2, -0.15) is 0 Å². The summed E-state index contributed by atoms with van der Waals surface area (Å²) in [5.74, 6) is 0.501. The summed E-state index contributed by atoms with van der Waals surface area (Å²) in [5, 5.41) is 5.46. The molecule has 0 saturated heterocycles. The van der Waals surface area contributed by atoms with Gasteiger partial charge in [-0.15, -0.1) is 0 Å². The second-order valence-corrected chi connectivity index (χ2v) is 8.49. The molecule has 0 amide bonds. The van der Waals surface area contributed by atoms with E-state index >= 15 is 0 Å². The van der Waals surface area contributed by atoms with Crippen LogP contribution in [0.4, 0.5) is 0 Å². The van der Waals surface area contributed by atoms with Crippen molar-refractivity contribution < 1.29 is 0 Å². The number of fused-ring (bicyclic) bond motifs is 2. The van der Waals surface area contributed by atoms with Crippen LogP contribution in [0.15, 0.2) is 115 Å². The minimum atomic E-state index is 0.501. The SMILES string of the molecule is c1ccc(CCCC(Cc2cccc3ccccc23)c2cccc3ccccc23)cc1. The van der Waals surface area contributed by atoms with E-state index in [-0.39, 0.29) is 0 Å². The van der Waals surface area contributed by atoms with Gasteiger partial charge in [0, 0.05) is 0 Å². The first-order chi connectivity index (χ1) is 15.4. The van der Waals surface area contributed by atoms with Gasteiger partial charge in [-0.3, -0.25) is 0 Å². The van der Waals surface area contributed by atoms with Gasteiger partial charge in [-0.25, -0.2) is 0 Å². The Bertz CT molecular complexity index is 1270. The van der Waals surface area contributed by atoms with E-state index in [1.54, 1.807) is 0 Å². The predicted octanol–water partition coefficient (Wildman–Crippen LogP) is 8.34. The fraction of sp³-hybridized carbons (Fsp3) is 0.161. The minimum Gasteiger partial charge on any atom is -0.0622 e. The first kappa shape index (κ1) is 19.6. The normalized spacial score (nSPS) is 12.3. The van der Waals surface area contributed by atoms with Crippen molar-refractivity contribution in [1.29, 1.82) is 0 Å². The molecular formula is C31H28. The predicted molar refractivity (Wildman–Crippen MR) is 134 cm³/mol. The molecule has 0 spiro atoms. The van der Waals surface area contributed by atoms with E-state index in [0.29, 0.717) is 5.92 Å². The number of hydrogen-bond donors (Lipinski definition) is 0. The third-order valence-electron chi connectivity index (χ3n) is 6.47. The first-order valence-corrected chi connectivity index (χ1v) is 11.4. The van der Waals surface area contributed by atoms with Crippen LogP contribution in [0.2, 0.25) is 0 Å². The summed E-state index contributed by atoms with van der Waals surface area (Å²) in [7, 11) is 0. The van der Waals surface area contributed by atoms with Gasteiger partial charge in [0.1, 0.15) is 0 Å². The monoisotopic (exact) mass is 400 g/mol. The van der Waals surface area contributed by atoms with Gasteiger partial charge in [0.05, 0.1) is 0 Å². The van der Waals surface area contributed by atoms with Crippen LogP contribution in [-0.4, -0.2) is 0 Å². The molecule has 0 aliphatic rings. The summed E-state index contributed by atoms with van der Waals surface area (Å²) in [4.78, 5) is 0. The Morgan fingerprint density at radius 2 is 1.13 bits per heavy atom. The van der Waals surface area contributed by atoms with E-state index in [1.807, 2.05) is 0 Å². The zero-order chi connectivity index (χ0) is 20.9. The highest BCUT2D eigenvalue weighted by Crippen LogP contribution is 2.34. The molecule has 0 saturated carbocycles. The highest BCUT2D eigenvalue weighted by atomic mass is 14.2. The van der Waals surface area contributed by atoms with Crippen molar-refractivity contribution in [2.75, 3.05) is 0 Å². The molecule has 5 aromatic rings. The van der Waals surface area contributed by atoms with Gasteiger partial charge in [0.2, 0.25) is 0 Å². The summed E-state index contributed by atoms with van der Waals surface area (Å²) in [6, 6.07) is 42.1. The molecule has 0 heteroatoms. The third kappa shape index (κ3) is 4.39. The number of hydrogen-bond acceptors (Lipinski definition) is 0. The van der Waals surface area contributed by atoms with Gasteiger partial charge in [0.25, 0.3) is 0 Å². The van der Waals surface area contributed by atoms with E-state index in [2.05, 4.69) is 115 Å². The van der Waals surface area contributed by atoms with E-state index in [4.69, 9.17) is 0 Å². The van der Waals surface area contributed by atoms with Gasteiger partial charge >= 0.3 is 0 Å². The van der Waals surface area contributed by atoms with Crippen LogP contribution < -0.4 is 0 Å². The highest BCUT2D eigenvalue weighted by Gasteiger charge is 2.16. The first-order valence-electron chi connectivity index (χ1n) is 11.4. The van der Waals surface area contributed by atoms with Crippen molar-refractivity contribution >= 4 is 21.5 Å².